The summed E-state index contributed by atoms with van der Waals surface area (Å²) in [4.78, 5) is 0. The minimum atomic E-state index is 0.172. The normalized spacial score (nSPS) is 16.9. The highest BCUT2D eigenvalue weighted by Crippen LogP contribution is 2.45. The van der Waals surface area contributed by atoms with Gasteiger partial charge in [-0.3, -0.25) is 0 Å². The topological polar surface area (TPSA) is 32.3 Å². The van der Waals surface area contributed by atoms with Crippen molar-refractivity contribution in [2.24, 2.45) is 5.41 Å². The minimum Gasteiger partial charge on any atom is -0.396 e. The first-order chi connectivity index (χ1) is 8.24. The molecule has 94 valence electrons. The molecule has 0 atom stereocenters. The van der Waals surface area contributed by atoms with Gasteiger partial charge in [0.1, 0.15) is 0 Å². The fraction of sp³-hybridized carbons (Fsp3) is 0.600. The van der Waals surface area contributed by atoms with Crippen LogP contribution in [0.5, 0.6) is 0 Å². The Labute approximate surface area is 104 Å². The fourth-order valence-corrected chi connectivity index (χ4v) is 2.31. The molecule has 0 saturated heterocycles. The molecule has 1 aliphatic rings. The first-order valence-corrected chi connectivity index (χ1v) is 6.70. The van der Waals surface area contributed by atoms with Crippen molar-refractivity contribution in [3.05, 3.63) is 29.3 Å². The number of benzene rings is 1. The molecule has 2 nitrogen and oxygen atoms in total. The summed E-state index contributed by atoms with van der Waals surface area (Å²) in [7, 11) is 0. The largest absolute Gasteiger partial charge is 0.396 e. The summed E-state index contributed by atoms with van der Waals surface area (Å²) in [5.74, 6) is 0. The molecule has 2 N–H and O–H groups in total. The van der Waals surface area contributed by atoms with Gasteiger partial charge < -0.3 is 10.4 Å². The molecule has 0 radical (unpaired) electrons. The van der Waals surface area contributed by atoms with Crippen molar-refractivity contribution in [2.45, 2.75) is 39.5 Å². The second-order valence-corrected chi connectivity index (χ2v) is 5.17. The Morgan fingerprint density at radius 1 is 1.18 bits per heavy atom. The monoisotopic (exact) mass is 233 g/mol. The zero-order valence-electron chi connectivity index (χ0n) is 10.9. The van der Waals surface area contributed by atoms with Crippen LogP contribution in [0.1, 0.15) is 37.8 Å². The molecule has 17 heavy (non-hydrogen) atoms. The van der Waals surface area contributed by atoms with E-state index in [1.807, 2.05) is 0 Å². The molecule has 0 bridgehead atoms. The summed E-state index contributed by atoms with van der Waals surface area (Å²) in [6, 6.07) is 6.53. The Hall–Kier alpha value is -1.02. The summed E-state index contributed by atoms with van der Waals surface area (Å²) in [6.07, 6.45) is 4.43. The standard InChI is InChI=1S/C15H23NO/c1-3-12-6-5-7-13(4-2)14(12)16-10-15(11-17)8-9-15/h5-7,16-17H,3-4,8-11H2,1-2H3. The Bertz CT molecular complexity index is 360. The van der Waals surface area contributed by atoms with Crippen LogP contribution in [0.4, 0.5) is 5.69 Å². The Balaban J connectivity index is 2.13. The van der Waals surface area contributed by atoms with Gasteiger partial charge in [-0.05, 0) is 36.8 Å². The molecule has 0 aliphatic heterocycles. The second kappa shape index (κ2) is 5.09. The van der Waals surface area contributed by atoms with E-state index in [0.717, 1.165) is 32.2 Å². The van der Waals surface area contributed by atoms with Gasteiger partial charge in [-0.15, -0.1) is 0 Å². The number of nitrogens with one attached hydrogen (secondary N) is 1. The third-order valence-corrected chi connectivity index (χ3v) is 3.93. The molecule has 0 amide bonds. The van der Waals surface area contributed by atoms with Crippen molar-refractivity contribution in [3.63, 3.8) is 0 Å². The van der Waals surface area contributed by atoms with Crippen molar-refractivity contribution in [1.29, 1.82) is 0 Å². The lowest BCUT2D eigenvalue weighted by Gasteiger charge is -2.19. The van der Waals surface area contributed by atoms with Gasteiger partial charge in [-0.2, -0.15) is 0 Å². The van der Waals surface area contributed by atoms with Gasteiger partial charge in [0, 0.05) is 17.6 Å². The Morgan fingerprint density at radius 3 is 2.18 bits per heavy atom. The number of hydrogen-bond donors (Lipinski definition) is 2. The smallest absolute Gasteiger partial charge is 0.0504 e. The molecule has 1 saturated carbocycles. The summed E-state index contributed by atoms with van der Waals surface area (Å²) >= 11 is 0. The van der Waals surface area contributed by atoms with E-state index in [-0.39, 0.29) is 5.41 Å². The van der Waals surface area contributed by atoms with E-state index < -0.39 is 0 Å². The SMILES string of the molecule is CCc1cccc(CC)c1NCC1(CO)CC1. The maximum absolute atomic E-state index is 9.35. The van der Waals surface area contributed by atoms with Gasteiger partial charge in [-0.1, -0.05) is 32.0 Å². The Kier molecular flexibility index (Phi) is 3.72. The predicted molar refractivity (Wildman–Crippen MR) is 72.4 cm³/mol. The van der Waals surface area contributed by atoms with Crippen LogP contribution in [0, 0.1) is 5.41 Å². The highest BCUT2D eigenvalue weighted by atomic mass is 16.3. The first kappa shape index (κ1) is 12.4. The van der Waals surface area contributed by atoms with Crippen LogP contribution in [-0.4, -0.2) is 18.3 Å². The number of rotatable bonds is 6. The van der Waals surface area contributed by atoms with Crippen LogP contribution in [0.15, 0.2) is 18.2 Å². The number of para-hydroxylation sites is 1. The highest BCUT2D eigenvalue weighted by Gasteiger charge is 2.41. The zero-order chi connectivity index (χ0) is 12.3. The quantitative estimate of drug-likeness (QED) is 0.791. The summed E-state index contributed by atoms with van der Waals surface area (Å²) < 4.78 is 0. The van der Waals surface area contributed by atoms with Crippen molar-refractivity contribution in [3.8, 4) is 0 Å². The van der Waals surface area contributed by atoms with E-state index >= 15 is 0 Å². The van der Waals surface area contributed by atoms with Crippen LogP contribution < -0.4 is 5.32 Å². The third-order valence-electron chi connectivity index (χ3n) is 3.93. The second-order valence-electron chi connectivity index (χ2n) is 5.17. The van der Waals surface area contributed by atoms with Crippen molar-refractivity contribution in [2.75, 3.05) is 18.5 Å². The van der Waals surface area contributed by atoms with E-state index in [9.17, 15) is 5.11 Å². The molecule has 0 aromatic heterocycles. The van der Waals surface area contributed by atoms with Gasteiger partial charge in [-0.25, -0.2) is 0 Å². The van der Waals surface area contributed by atoms with E-state index in [2.05, 4.69) is 37.4 Å². The van der Waals surface area contributed by atoms with Crippen LogP contribution in [0.3, 0.4) is 0 Å². The molecular weight excluding hydrogens is 210 g/mol. The number of hydrogen-bond acceptors (Lipinski definition) is 2. The average Bonchev–Trinajstić information content (AvgIpc) is 3.16. The molecule has 1 aromatic carbocycles. The van der Waals surface area contributed by atoms with Gasteiger partial charge >= 0.3 is 0 Å². The summed E-state index contributed by atoms with van der Waals surface area (Å²) in [6.45, 7) is 5.61. The lowest BCUT2D eigenvalue weighted by Crippen LogP contribution is -2.20. The average molecular weight is 233 g/mol. The van der Waals surface area contributed by atoms with Crippen LogP contribution >= 0.6 is 0 Å². The van der Waals surface area contributed by atoms with Gasteiger partial charge in [0.2, 0.25) is 0 Å². The van der Waals surface area contributed by atoms with Crippen LogP contribution in [0.25, 0.3) is 0 Å². The number of aliphatic hydroxyl groups excluding tert-OH is 1. The molecule has 2 rings (SSSR count). The molecule has 1 fully saturated rings. The molecule has 0 spiro atoms. The predicted octanol–water partition coefficient (Wildman–Crippen LogP) is 3.00. The molecule has 1 aromatic rings. The lowest BCUT2D eigenvalue weighted by atomic mass is 10.0. The zero-order valence-corrected chi connectivity index (χ0v) is 10.9. The maximum atomic E-state index is 9.35. The third kappa shape index (κ3) is 2.63. The molecular formula is C15H23NO. The number of anilines is 1. The number of aliphatic hydroxyl groups is 1. The van der Waals surface area contributed by atoms with Gasteiger partial charge in [0.15, 0.2) is 0 Å². The van der Waals surface area contributed by atoms with Crippen molar-refractivity contribution < 1.29 is 5.11 Å². The van der Waals surface area contributed by atoms with Crippen molar-refractivity contribution in [1.82, 2.24) is 0 Å². The first-order valence-electron chi connectivity index (χ1n) is 6.70. The lowest BCUT2D eigenvalue weighted by molar-refractivity contribution is 0.219. The van der Waals surface area contributed by atoms with E-state index in [1.165, 1.54) is 16.8 Å². The van der Waals surface area contributed by atoms with E-state index in [1.54, 1.807) is 0 Å². The van der Waals surface area contributed by atoms with Crippen molar-refractivity contribution >= 4 is 5.69 Å². The Morgan fingerprint density at radius 2 is 1.76 bits per heavy atom. The van der Waals surface area contributed by atoms with Gasteiger partial charge in [0.05, 0.1) is 6.61 Å². The van der Waals surface area contributed by atoms with Gasteiger partial charge in [0.25, 0.3) is 0 Å². The van der Waals surface area contributed by atoms with E-state index in [0.29, 0.717) is 6.61 Å². The van der Waals surface area contributed by atoms with Crippen LogP contribution in [-0.2, 0) is 12.8 Å². The fourth-order valence-electron chi connectivity index (χ4n) is 2.31. The molecule has 1 aliphatic carbocycles. The number of aryl methyl sites for hydroxylation is 2. The molecule has 0 heterocycles. The summed E-state index contributed by atoms with van der Waals surface area (Å²) in [5, 5.41) is 12.9. The highest BCUT2D eigenvalue weighted by molar-refractivity contribution is 5.58. The summed E-state index contributed by atoms with van der Waals surface area (Å²) in [5.41, 5.74) is 4.25. The minimum absolute atomic E-state index is 0.172. The molecule has 0 unspecified atom stereocenters. The maximum Gasteiger partial charge on any atom is 0.0504 e. The van der Waals surface area contributed by atoms with E-state index in [4.69, 9.17) is 0 Å². The molecule has 2 heteroatoms. The van der Waals surface area contributed by atoms with Crippen LogP contribution in [0.2, 0.25) is 0 Å².